The molecule has 1 aliphatic heterocycles. The first-order valence-electron chi connectivity index (χ1n) is 7.64. The van der Waals surface area contributed by atoms with E-state index in [1.807, 2.05) is 0 Å². The number of piperidine rings is 1. The molecule has 2 nitrogen and oxygen atoms in total. The number of rotatable bonds is 4. The van der Waals surface area contributed by atoms with Gasteiger partial charge in [-0.15, -0.1) is 0 Å². The smallest absolute Gasteiger partial charge is 0.0236 e. The highest BCUT2D eigenvalue weighted by Gasteiger charge is 2.31. The molecule has 3 unspecified atom stereocenters. The van der Waals surface area contributed by atoms with Crippen LogP contribution < -0.4 is 5.32 Å². The molecule has 1 fully saturated rings. The summed E-state index contributed by atoms with van der Waals surface area (Å²) in [5, 5.41) is 3.46. The van der Waals surface area contributed by atoms with Crippen LogP contribution in [-0.4, -0.2) is 30.6 Å². The van der Waals surface area contributed by atoms with Gasteiger partial charge >= 0.3 is 0 Å². The van der Waals surface area contributed by atoms with Gasteiger partial charge in [-0.2, -0.15) is 0 Å². The van der Waals surface area contributed by atoms with Gasteiger partial charge in [-0.25, -0.2) is 0 Å². The molecule has 1 aromatic carbocycles. The van der Waals surface area contributed by atoms with Crippen LogP contribution in [0.3, 0.4) is 0 Å². The van der Waals surface area contributed by atoms with Crippen molar-refractivity contribution in [2.75, 3.05) is 13.6 Å². The number of aryl methyl sites for hydroxylation is 1. The van der Waals surface area contributed by atoms with Crippen molar-refractivity contribution in [3.8, 4) is 0 Å². The molecule has 1 aromatic rings. The first-order valence-corrected chi connectivity index (χ1v) is 7.64. The molecule has 1 saturated heterocycles. The summed E-state index contributed by atoms with van der Waals surface area (Å²) >= 11 is 0. The minimum atomic E-state index is 0.650. The van der Waals surface area contributed by atoms with E-state index in [1.54, 1.807) is 0 Å². The van der Waals surface area contributed by atoms with Gasteiger partial charge in [-0.05, 0) is 43.9 Å². The van der Waals surface area contributed by atoms with Crippen LogP contribution in [0.2, 0.25) is 0 Å². The maximum absolute atomic E-state index is 3.46. The highest BCUT2D eigenvalue weighted by Crippen LogP contribution is 2.25. The Balaban J connectivity index is 1.98. The van der Waals surface area contributed by atoms with Gasteiger partial charge < -0.3 is 5.32 Å². The van der Waals surface area contributed by atoms with E-state index in [4.69, 9.17) is 0 Å². The summed E-state index contributed by atoms with van der Waals surface area (Å²) in [4.78, 5) is 2.62. The Bertz CT molecular complexity index is 385. The quantitative estimate of drug-likeness (QED) is 0.895. The maximum atomic E-state index is 3.46. The van der Waals surface area contributed by atoms with Crippen LogP contribution in [0.15, 0.2) is 24.3 Å². The molecule has 1 heterocycles. The van der Waals surface area contributed by atoms with Gasteiger partial charge in [0.1, 0.15) is 0 Å². The van der Waals surface area contributed by atoms with Gasteiger partial charge in [0.25, 0.3) is 0 Å². The third-order valence-corrected chi connectivity index (χ3v) is 4.89. The fourth-order valence-electron chi connectivity index (χ4n) is 3.19. The van der Waals surface area contributed by atoms with E-state index < -0.39 is 0 Å². The van der Waals surface area contributed by atoms with Crippen molar-refractivity contribution in [3.05, 3.63) is 35.4 Å². The van der Waals surface area contributed by atoms with Crippen molar-refractivity contribution in [1.29, 1.82) is 0 Å². The SMILES string of the molecule is CCc1ccc(CN2CCC(NC)C(C)C2C)cc1. The molecule has 0 saturated carbocycles. The lowest BCUT2D eigenvalue weighted by Crippen LogP contribution is -2.52. The average Bonchev–Trinajstić information content (AvgIpc) is 2.45. The summed E-state index contributed by atoms with van der Waals surface area (Å²) in [6.07, 6.45) is 2.39. The Labute approximate surface area is 118 Å². The van der Waals surface area contributed by atoms with Crippen LogP contribution in [0.4, 0.5) is 0 Å². The van der Waals surface area contributed by atoms with Crippen molar-refractivity contribution >= 4 is 0 Å². The monoisotopic (exact) mass is 260 g/mol. The fraction of sp³-hybridized carbons (Fsp3) is 0.647. The molecule has 0 radical (unpaired) electrons. The van der Waals surface area contributed by atoms with Crippen LogP contribution in [-0.2, 0) is 13.0 Å². The second-order valence-corrected chi connectivity index (χ2v) is 5.92. The minimum Gasteiger partial charge on any atom is -0.317 e. The van der Waals surface area contributed by atoms with Crippen molar-refractivity contribution in [1.82, 2.24) is 10.2 Å². The molecule has 3 atom stereocenters. The zero-order valence-electron chi connectivity index (χ0n) is 12.8. The third kappa shape index (κ3) is 3.37. The van der Waals surface area contributed by atoms with E-state index in [1.165, 1.54) is 24.1 Å². The van der Waals surface area contributed by atoms with Gasteiger partial charge in [0.2, 0.25) is 0 Å². The number of hydrogen-bond acceptors (Lipinski definition) is 2. The molecular formula is C17H28N2. The molecule has 2 heteroatoms. The number of nitrogens with one attached hydrogen (secondary N) is 1. The molecular weight excluding hydrogens is 232 g/mol. The van der Waals surface area contributed by atoms with E-state index in [0.717, 1.165) is 13.0 Å². The molecule has 19 heavy (non-hydrogen) atoms. The lowest BCUT2D eigenvalue weighted by molar-refractivity contribution is 0.0811. The van der Waals surface area contributed by atoms with Crippen LogP contribution in [0.25, 0.3) is 0 Å². The Morgan fingerprint density at radius 1 is 1.16 bits per heavy atom. The molecule has 1 aliphatic rings. The predicted molar refractivity (Wildman–Crippen MR) is 82.3 cm³/mol. The summed E-state index contributed by atoms with van der Waals surface area (Å²) in [5.41, 5.74) is 2.87. The fourth-order valence-corrected chi connectivity index (χ4v) is 3.19. The Kier molecular flexibility index (Phi) is 5.00. The summed E-state index contributed by atoms with van der Waals surface area (Å²) in [5.74, 6) is 0.716. The first kappa shape index (κ1) is 14.5. The molecule has 0 amide bonds. The number of benzene rings is 1. The second-order valence-electron chi connectivity index (χ2n) is 5.92. The molecule has 0 spiro atoms. The van der Waals surface area contributed by atoms with Crippen molar-refractivity contribution < 1.29 is 0 Å². The van der Waals surface area contributed by atoms with Crippen molar-refractivity contribution in [2.45, 2.75) is 52.2 Å². The van der Waals surface area contributed by atoms with Gasteiger partial charge in [0, 0.05) is 25.2 Å². The Hall–Kier alpha value is -0.860. The van der Waals surface area contributed by atoms with Gasteiger partial charge in [-0.1, -0.05) is 38.1 Å². The van der Waals surface area contributed by atoms with E-state index in [2.05, 4.69) is 62.3 Å². The van der Waals surface area contributed by atoms with E-state index >= 15 is 0 Å². The third-order valence-electron chi connectivity index (χ3n) is 4.89. The van der Waals surface area contributed by atoms with Crippen LogP contribution in [0, 0.1) is 5.92 Å². The number of likely N-dealkylation sites (tertiary alicyclic amines) is 1. The summed E-state index contributed by atoms with van der Waals surface area (Å²) in [7, 11) is 2.09. The maximum Gasteiger partial charge on any atom is 0.0236 e. The lowest BCUT2D eigenvalue weighted by atomic mass is 9.87. The predicted octanol–water partition coefficient (Wildman–Crippen LogP) is 3.07. The molecule has 1 N–H and O–H groups in total. The van der Waals surface area contributed by atoms with Crippen LogP contribution in [0.5, 0.6) is 0 Å². The topological polar surface area (TPSA) is 15.3 Å². The van der Waals surface area contributed by atoms with Crippen molar-refractivity contribution in [2.24, 2.45) is 5.92 Å². The standard InChI is InChI=1S/C17H28N2/c1-5-15-6-8-16(9-7-15)12-19-11-10-17(18-4)13(2)14(19)3/h6-9,13-14,17-18H,5,10-12H2,1-4H3. The second kappa shape index (κ2) is 6.53. The molecule has 0 bridgehead atoms. The van der Waals surface area contributed by atoms with E-state index in [0.29, 0.717) is 18.0 Å². The highest BCUT2D eigenvalue weighted by molar-refractivity contribution is 5.22. The first-order chi connectivity index (χ1) is 9.15. The van der Waals surface area contributed by atoms with E-state index in [-0.39, 0.29) is 0 Å². The minimum absolute atomic E-state index is 0.650. The molecule has 2 rings (SSSR count). The normalized spacial score (nSPS) is 28.5. The molecule has 0 aliphatic carbocycles. The largest absolute Gasteiger partial charge is 0.317 e. The Morgan fingerprint density at radius 2 is 1.79 bits per heavy atom. The zero-order chi connectivity index (χ0) is 13.8. The molecule has 0 aromatic heterocycles. The van der Waals surface area contributed by atoms with Gasteiger partial charge in [0.15, 0.2) is 0 Å². The zero-order valence-corrected chi connectivity index (χ0v) is 12.8. The van der Waals surface area contributed by atoms with Gasteiger partial charge in [-0.3, -0.25) is 4.90 Å². The summed E-state index contributed by atoms with van der Waals surface area (Å²) < 4.78 is 0. The van der Waals surface area contributed by atoms with Crippen molar-refractivity contribution in [3.63, 3.8) is 0 Å². The summed E-state index contributed by atoms with van der Waals surface area (Å²) in [6, 6.07) is 10.4. The summed E-state index contributed by atoms with van der Waals surface area (Å²) in [6.45, 7) is 9.24. The highest BCUT2D eigenvalue weighted by atomic mass is 15.2. The molecule has 106 valence electrons. The number of hydrogen-bond donors (Lipinski definition) is 1. The van der Waals surface area contributed by atoms with E-state index in [9.17, 15) is 0 Å². The van der Waals surface area contributed by atoms with Gasteiger partial charge in [0.05, 0.1) is 0 Å². The average molecular weight is 260 g/mol. The lowest BCUT2D eigenvalue weighted by Gasteiger charge is -2.42. The Morgan fingerprint density at radius 3 is 2.37 bits per heavy atom. The van der Waals surface area contributed by atoms with Crippen LogP contribution in [0.1, 0.15) is 38.3 Å². The number of nitrogens with zero attached hydrogens (tertiary/aromatic N) is 1. The van der Waals surface area contributed by atoms with Crippen LogP contribution >= 0.6 is 0 Å².